The van der Waals surface area contributed by atoms with Gasteiger partial charge < -0.3 is 20.1 Å². The van der Waals surface area contributed by atoms with E-state index in [1.807, 2.05) is 18.2 Å². The van der Waals surface area contributed by atoms with Crippen LogP contribution in [-0.4, -0.2) is 30.6 Å². The molecule has 1 atom stereocenters. The number of alkyl halides is 1. The van der Waals surface area contributed by atoms with Gasteiger partial charge in [-0.15, -0.1) is 0 Å². The summed E-state index contributed by atoms with van der Waals surface area (Å²) in [4.78, 5) is 11.6. The lowest BCUT2D eigenvalue weighted by molar-refractivity contribution is -0.120. The van der Waals surface area contributed by atoms with E-state index in [1.54, 1.807) is 0 Å². The maximum absolute atomic E-state index is 11.6. The number of unbranched alkanes of at least 4 members (excludes halogenated alkanes) is 2. The van der Waals surface area contributed by atoms with Gasteiger partial charge in [-0.05, 0) is 46.5 Å². The summed E-state index contributed by atoms with van der Waals surface area (Å²) in [6, 6.07) is 5.82. The molecule has 1 saturated heterocycles. The van der Waals surface area contributed by atoms with Gasteiger partial charge >= 0.3 is 0 Å². The number of carbonyl (C=O) groups is 1. The Balaban J connectivity index is 1.92. The molecule has 1 fully saturated rings. The summed E-state index contributed by atoms with van der Waals surface area (Å²) in [6.07, 6.45) is 4.22. The van der Waals surface area contributed by atoms with Gasteiger partial charge in [-0.1, -0.05) is 25.8 Å². The molecule has 1 aliphatic heterocycles. The highest BCUT2D eigenvalue weighted by molar-refractivity contribution is 9.09. The number of nitrogens with one attached hydrogen (secondary N) is 2. The molecule has 23 heavy (non-hydrogen) atoms. The van der Waals surface area contributed by atoms with Crippen LogP contribution in [0.1, 0.15) is 38.2 Å². The van der Waals surface area contributed by atoms with Crippen molar-refractivity contribution >= 4 is 21.8 Å². The first kappa shape index (κ1) is 18.1. The van der Waals surface area contributed by atoms with Gasteiger partial charge in [0.1, 0.15) is 5.52 Å². The molecule has 6 heteroatoms. The van der Waals surface area contributed by atoms with Crippen LogP contribution in [0.25, 0.3) is 0 Å². The average molecular weight is 385 g/mol. The van der Waals surface area contributed by atoms with Gasteiger partial charge in [0, 0.05) is 13.1 Å². The molecule has 0 aromatic heterocycles. The van der Waals surface area contributed by atoms with E-state index in [1.165, 1.54) is 12.8 Å². The first-order valence-corrected chi connectivity index (χ1v) is 9.32. The second-order valence-corrected chi connectivity index (χ2v) is 6.06. The van der Waals surface area contributed by atoms with E-state index in [2.05, 4.69) is 33.5 Å². The van der Waals surface area contributed by atoms with Crippen molar-refractivity contribution in [2.45, 2.75) is 45.2 Å². The van der Waals surface area contributed by atoms with Crippen molar-refractivity contribution < 1.29 is 14.3 Å². The molecular formula is C17H25BrN2O3. The van der Waals surface area contributed by atoms with Crippen LogP contribution >= 0.6 is 15.9 Å². The first-order valence-electron chi connectivity index (χ1n) is 8.20. The van der Waals surface area contributed by atoms with Crippen molar-refractivity contribution in [1.29, 1.82) is 0 Å². The van der Waals surface area contributed by atoms with E-state index >= 15 is 0 Å². The molecule has 2 N–H and O–H groups in total. The Hall–Kier alpha value is -1.27. The topological polar surface area (TPSA) is 59.6 Å². The van der Waals surface area contributed by atoms with Crippen molar-refractivity contribution in [3.8, 4) is 11.5 Å². The fourth-order valence-electron chi connectivity index (χ4n) is 2.52. The molecule has 128 valence electrons. The molecule has 5 nitrogen and oxygen atoms in total. The molecule has 0 saturated carbocycles. The molecule has 0 radical (unpaired) electrons. The lowest BCUT2D eigenvalue weighted by atomic mass is 10.1. The predicted octanol–water partition coefficient (Wildman–Crippen LogP) is 2.96. The Bertz CT molecular complexity index is 511. The zero-order valence-electron chi connectivity index (χ0n) is 13.6. The van der Waals surface area contributed by atoms with E-state index in [0.29, 0.717) is 18.7 Å². The van der Waals surface area contributed by atoms with Gasteiger partial charge in [0.15, 0.2) is 11.5 Å². The second-order valence-electron chi connectivity index (χ2n) is 5.60. The number of ether oxygens (including phenoxy) is 2. The van der Waals surface area contributed by atoms with Crippen molar-refractivity contribution in [1.82, 2.24) is 10.6 Å². The van der Waals surface area contributed by atoms with Gasteiger partial charge in [-0.25, -0.2) is 0 Å². The molecule has 1 aliphatic rings. The predicted molar refractivity (Wildman–Crippen MR) is 94.1 cm³/mol. The molecule has 1 amide bonds. The van der Waals surface area contributed by atoms with Gasteiger partial charge in [0.25, 0.3) is 0 Å². The van der Waals surface area contributed by atoms with Crippen LogP contribution < -0.4 is 20.1 Å². The Morgan fingerprint density at radius 3 is 2.87 bits per heavy atom. The van der Waals surface area contributed by atoms with Gasteiger partial charge in [0.2, 0.25) is 5.91 Å². The number of halogens is 1. The molecule has 1 unspecified atom stereocenters. The highest BCUT2D eigenvalue weighted by Gasteiger charge is 2.23. The van der Waals surface area contributed by atoms with Crippen LogP contribution in [0.4, 0.5) is 0 Å². The summed E-state index contributed by atoms with van der Waals surface area (Å²) < 4.78 is 11.4. The number of hydrogen-bond acceptors (Lipinski definition) is 4. The Morgan fingerprint density at radius 2 is 2.17 bits per heavy atom. The van der Waals surface area contributed by atoms with Crippen molar-refractivity contribution in [3.05, 3.63) is 23.8 Å². The number of carbonyl (C=O) groups excluding carboxylic acids is 1. The van der Waals surface area contributed by atoms with Crippen LogP contribution in [0.5, 0.6) is 11.5 Å². The summed E-state index contributed by atoms with van der Waals surface area (Å²) in [5.74, 6) is 1.58. The van der Waals surface area contributed by atoms with E-state index in [0.717, 1.165) is 36.4 Å². The van der Waals surface area contributed by atoms with E-state index in [-0.39, 0.29) is 11.9 Å². The molecule has 1 heterocycles. The smallest absolute Gasteiger partial charge is 0.237 e. The van der Waals surface area contributed by atoms with Crippen LogP contribution in [0.3, 0.4) is 0 Å². The molecule has 1 aromatic rings. The van der Waals surface area contributed by atoms with Crippen LogP contribution in [-0.2, 0) is 11.3 Å². The largest absolute Gasteiger partial charge is 0.490 e. The Labute approximate surface area is 146 Å². The van der Waals surface area contributed by atoms with E-state index in [4.69, 9.17) is 9.47 Å². The molecule has 0 spiro atoms. The molecule has 1 aromatic carbocycles. The van der Waals surface area contributed by atoms with Crippen molar-refractivity contribution in [2.75, 3.05) is 18.7 Å². The van der Waals surface area contributed by atoms with Crippen LogP contribution in [0, 0.1) is 0 Å². The summed E-state index contributed by atoms with van der Waals surface area (Å²) in [5.41, 5.74) is 1.49. The monoisotopic (exact) mass is 384 g/mol. The maximum Gasteiger partial charge on any atom is 0.237 e. The van der Waals surface area contributed by atoms with Crippen molar-refractivity contribution in [2.24, 2.45) is 0 Å². The lowest BCUT2D eigenvalue weighted by Gasteiger charge is -2.14. The standard InChI is InChI=1S/C17H25BrN2O3/c1-2-3-4-9-22-15-6-5-13(10-16(15)23-12-18)11-20-14-7-8-19-17(14)21/h5-6,10,14,20H,2-4,7-9,11-12H2,1H3,(H,19,21). The first-order chi connectivity index (χ1) is 11.2. The molecule has 0 bridgehead atoms. The summed E-state index contributed by atoms with van der Waals surface area (Å²) in [7, 11) is 0. The highest BCUT2D eigenvalue weighted by atomic mass is 79.9. The number of hydrogen-bond donors (Lipinski definition) is 2. The van der Waals surface area contributed by atoms with E-state index < -0.39 is 0 Å². The number of benzene rings is 1. The second kappa shape index (κ2) is 9.78. The Morgan fingerprint density at radius 1 is 1.30 bits per heavy atom. The lowest BCUT2D eigenvalue weighted by Crippen LogP contribution is -2.35. The summed E-state index contributed by atoms with van der Waals surface area (Å²) >= 11 is 3.29. The minimum absolute atomic E-state index is 0.0813. The van der Waals surface area contributed by atoms with Gasteiger partial charge in [0.05, 0.1) is 12.6 Å². The third-order valence-corrected chi connectivity index (χ3v) is 4.05. The fraction of sp³-hybridized carbons (Fsp3) is 0.588. The highest BCUT2D eigenvalue weighted by Crippen LogP contribution is 2.29. The fourth-order valence-corrected chi connectivity index (χ4v) is 2.76. The average Bonchev–Trinajstić information content (AvgIpc) is 2.96. The summed E-state index contributed by atoms with van der Waals surface area (Å²) in [6.45, 7) is 4.25. The Kier molecular flexibility index (Phi) is 7.68. The van der Waals surface area contributed by atoms with E-state index in [9.17, 15) is 4.79 Å². The molecule has 2 rings (SSSR count). The zero-order chi connectivity index (χ0) is 16.5. The third-order valence-electron chi connectivity index (χ3n) is 3.82. The minimum atomic E-state index is -0.0967. The quantitative estimate of drug-likeness (QED) is 0.480. The van der Waals surface area contributed by atoms with Gasteiger partial charge in [-0.2, -0.15) is 0 Å². The minimum Gasteiger partial charge on any atom is -0.490 e. The SMILES string of the molecule is CCCCCOc1ccc(CNC2CCNC2=O)cc1OCBr. The third kappa shape index (κ3) is 5.70. The zero-order valence-corrected chi connectivity index (χ0v) is 15.2. The molecular weight excluding hydrogens is 360 g/mol. The van der Waals surface area contributed by atoms with Crippen LogP contribution in [0.2, 0.25) is 0 Å². The summed E-state index contributed by atoms with van der Waals surface area (Å²) in [5, 5.41) is 6.10. The normalized spacial score (nSPS) is 17.1. The van der Waals surface area contributed by atoms with Crippen molar-refractivity contribution in [3.63, 3.8) is 0 Å². The maximum atomic E-state index is 11.6. The number of amides is 1. The van der Waals surface area contributed by atoms with Crippen LogP contribution in [0.15, 0.2) is 18.2 Å². The molecule has 0 aliphatic carbocycles. The van der Waals surface area contributed by atoms with Gasteiger partial charge in [-0.3, -0.25) is 4.79 Å². The number of rotatable bonds is 10.